The fraction of sp³-hybridized carbons (Fsp3) is 0.762. The maximum atomic E-state index is 13.1. The Bertz CT molecular complexity index is 581. The molecule has 5 heteroatoms. The molecule has 0 unspecified atom stereocenters. The van der Waals surface area contributed by atoms with Gasteiger partial charge >= 0.3 is 0 Å². The molecule has 0 aliphatic heterocycles. The minimum absolute atomic E-state index is 0.0307. The standard InChI is InChI=1S/C21H34O5/c1-12-7-9-15(20(4,5)26-6)10-8-13(2)19(24)21(25)11-14(3)18(23)16(21)17(12)22/h8,10,13-18,22-23,25H,1,7,9,11H2,2-6H3/b10-8+/t13-,14+,15+,16+,17+,18+,21-/m1/s1. The van der Waals surface area contributed by atoms with Gasteiger partial charge in [-0.05, 0) is 44.6 Å². The van der Waals surface area contributed by atoms with Crippen molar-refractivity contribution in [3.8, 4) is 0 Å². The van der Waals surface area contributed by atoms with Crippen LogP contribution in [-0.2, 0) is 9.53 Å². The van der Waals surface area contributed by atoms with Crippen LogP contribution in [0.25, 0.3) is 0 Å². The lowest BCUT2D eigenvalue weighted by Crippen LogP contribution is -2.52. The molecule has 1 saturated carbocycles. The number of hydrogen-bond acceptors (Lipinski definition) is 5. The summed E-state index contributed by atoms with van der Waals surface area (Å²) in [4.78, 5) is 13.1. The number of ether oxygens (including phenoxy) is 1. The van der Waals surface area contributed by atoms with E-state index in [0.29, 0.717) is 18.4 Å². The van der Waals surface area contributed by atoms with E-state index in [1.54, 1.807) is 21.0 Å². The number of fused-ring (bicyclic) bond motifs is 1. The van der Waals surface area contributed by atoms with Gasteiger partial charge in [0.15, 0.2) is 5.78 Å². The maximum absolute atomic E-state index is 13.1. The predicted octanol–water partition coefficient (Wildman–Crippen LogP) is 2.25. The van der Waals surface area contributed by atoms with Crippen LogP contribution in [0.15, 0.2) is 24.3 Å². The highest BCUT2D eigenvalue weighted by atomic mass is 16.5. The Morgan fingerprint density at radius 1 is 1.27 bits per heavy atom. The molecule has 2 aliphatic rings. The van der Waals surface area contributed by atoms with Crippen LogP contribution >= 0.6 is 0 Å². The molecular formula is C21H34O5. The average molecular weight is 366 g/mol. The van der Waals surface area contributed by atoms with Crippen molar-refractivity contribution in [2.24, 2.45) is 23.7 Å². The third-order valence-electron chi connectivity index (χ3n) is 6.56. The Balaban J connectivity index is 2.46. The van der Waals surface area contributed by atoms with Crippen molar-refractivity contribution in [1.29, 1.82) is 0 Å². The number of ketones is 1. The fourth-order valence-electron chi connectivity index (χ4n) is 4.45. The molecule has 26 heavy (non-hydrogen) atoms. The minimum Gasteiger partial charge on any atom is -0.392 e. The van der Waals surface area contributed by atoms with E-state index in [4.69, 9.17) is 4.74 Å². The lowest BCUT2D eigenvalue weighted by Gasteiger charge is -2.35. The average Bonchev–Trinajstić information content (AvgIpc) is 2.81. The lowest BCUT2D eigenvalue weighted by atomic mass is 9.76. The summed E-state index contributed by atoms with van der Waals surface area (Å²) in [5.74, 6) is -2.06. The van der Waals surface area contributed by atoms with Crippen LogP contribution in [0.1, 0.15) is 47.0 Å². The molecule has 0 aromatic rings. The lowest BCUT2D eigenvalue weighted by molar-refractivity contribution is -0.151. The molecule has 148 valence electrons. The van der Waals surface area contributed by atoms with Crippen molar-refractivity contribution < 1.29 is 24.9 Å². The topological polar surface area (TPSA) is 87.0 Å². The molecule has 2 rings (SSSR count). The number of carbonyl (C=O) groups is 1. The van der Waals surface area contributed by atoms with Gasteiger partial charge in [0.25, 0.3) is 0 Å². The summed E-state index contributed by atoms with van der Waals surface area (Å²) in [5, 5.41) is 32.6. The molecule has 7 atom stereocenters. The molecule has 0 spiro atoms. The van der Waals surface area contributed by atoms with Crippen molar-refractivity contribution in [3.63, 3.8) is 0 Å². The molecule has 0 radical (unpaired) electrons. The number of methoxy groups -OCH3 is 1. The molecule has 0 amide bonds. The molecule has 0 aromatic heterocycles. The van der Waals surface area contributed by atoms with Crippen LogP contribution in [0.5, 0.6) is 0 Å². The second kappa shape index (κ2) is 7.55. The van der Waals surface area contributed by atoms with E-state index in [1.807, 2.05) is 26.0 Å². The molecule has 0 aromatic carbocycles. The van der Waals surface area contributed by atoms with Crippen LogP contribution < -0.4 is 0 Å². The number of carbonyl (C=O) groups excluding carboxylic acids is 1. The third-order valence-corrected chi connectivity index (χ3v) is 6.56. The maximum Gasteiger partial charge on any atom is 0.171 e. The van der Waals surface area contributed by atoms with Crippen LogP contribution in [0.4, 0.5) is 0 Å². The molecule has 0 saturated heterocycles. The van der Waals surface area contributed by atoms with E-state index in [-0.39, 0.29) is 24.0 Å². The van der Waals surface area contributed by atoms with Gasteiger partial charge in [-0.2, -0.15) is 0 Å². The van der Waals surface area contributed by atoms with Gasteiger partial charge in [0.1, 0.15) is 5.60 Å². The van der Waals surface area contributed by atoms with E-state index < -0.39 is 35.2 Å². The van der Waals surface area contributed by atoms with Crippen molar-refractivity contribution in [1.82, 2.24) is 0 Å². The van der Waals surface area contributed by atoms with Gasteiger partial charge in [-0.15, -0.1) is 0 Å². The van der Waals surface area contributed by atoms with Crippen molar-refractivity contribution >= 4 is 5.78 Å². The summed E-state index contributed by atoms with van der Waals surface area (Å²) in [6.07, 6.45) is 3.10. The molecule has 3 N–H and O–H groups in total. The normalized spacial score (nSPS) is 43.7. The molecule has 1 fully saturated rings. The highest BCUT2D eigenvalue weighted by Crippen LogP contribution is 2.46. The van der Waals surface area contributed by atoms with Crippen LogP contribution in [-0.4, -0.2) is 51.6 Å². The first-order valence-corrected chi connectivity index (χ1v) is 9.49. The van der Waals surface area contributed by atoms with Crippen LogP contribution in [0.3, 0.4) is 0 Å². The number of Topliss-reactive ketones (excluding diaryl/α,β-unsaturated/α-hetero) is 1. The summed E-state index contributed by atoms with van der Waals surface area (Å²) in [5.41, 5.74) is -1.64. The Morgan fingerprint density at radius 2 is 1.88 bits per heavy atom. The fourth-order valence-corrected chi connectivity index (χ4v) is 4.45. The van der Waals surface area contributed by atoms with Gasteiger partial charge in [-0.25, -0.2) is 0 Å². The predicted molar refractivity (Wildman–Crippen MR) is 100 cm³/mol. The van der Waals surface area contributed by atoms with E-state index in [2.05, 4.69) is 6.58 Å². The van der Waals surface area contributed by atoms with E-state index in [1.165, 1.54) is 0 Å². The van der Waals surface area contributed by atoms with Gasteiger partial charge in [0.2, 0.25) is 0 Å². The van der Waals surface area contributed by atoms with Crippen molar-refractivity contribution in [3.05, 3.63) is 24.3 Å². The summed E-state index contributed by atoms with van der Waals surface area (Å²) in [6, 6.07) is 0. The first-order valence-electron chi connectivity index (χ1n) is 9.49. The number of hydrogen-bond donors (Lipinski definition) is 3. The van der Waals surface area contributed by atoms with E-state index in [0.717, 1.165) is 0 Å². The largest absolute Gasteiger partial charge is 0.392 e. The zero-order valence-electron chi connectivity index (χ0n) is 16.6. The third kappa shape index (κ3) is 3.68. The van der Waals surface area contributed by atoms with Gasteiger partial charge in [-0.1, -0.05) is 32.6 Å². The highest BCUT2D eigenvalue weighted by Gasteiger charge is 2.58. The second-order valence-corrected chi connectivity index (χ2v) is 8.72. The smallest absolute Gasteiger partial charge is 0.171 e. The minimum atomic E-state index is -1.75. The van der Waals surface area contributed by atoms with Gasteiger partial charge in [0, 0.05) is 18.9 Å². The SMILES string of the molecule is C=C1CC[C@H](C(C)(C)OC)/C=C/[C@@H](C)C(=O)[C@@]2(O)C[C@H](C)[C@H](O)[C@@H]2[C@H]1O. The second-order valence-electron chi connectivity index (χ2n) is 8.72. The zero-order valence-corrected chi connectivity index (χ0v) is 16.6. The van der Waals surface area contributed by atoms with Gasteiger partial charge in [0.05, 0.1) is 23.7 Å². The zero-order chi connectivity index (χ0) is 19.9. The molecule has 5 nitrogen and oxygen atoms in total. The Labute approximate surface area is 156 Å². The highest BCUT2D eigenvalue weighted by molar-refractivity contribution is 5.91. The molecule has 0 heterocycles. The number of allylic oxidation sites excluding steroid dienone is 1. The summed E-state index contributed by atoms with van der Waals surface area (Å²) >= 11 is 0. The first-order chi connectivity index (χ1) is 12.0. The summed E-state index contributed by atoms with van der Waals surface area (Å²) < 4.78 is 5.61. The van der Waals surface area contributed by atoms with Crippen LogP contribution in [0.2, 0.25) is 0 Å². The summed E-state index contributed by atoms with van der Waals surface area (Å²) in [6.45, 7) is 11.5. The quantitative estimate of drug-likeness (QED) is 0.653. The first kappa shape index (κ1) is 21.3. The Kier molecular flexibility index (Phi) is 6.18. The van der Waals surface area contributed by atoms with E-state index >= 15 is 0 Å². The monoisotopic (exact) mass is 366 g/mol. The van der Waals surface area contributed by atoms with Gasteiger partial charge in [-0.3, -0.25) is 4.79 Å². The number of rotatable bonds is 2. The number of aliphatic hydroxyl groups excluding tert-OH is 2. The Hall–Kier alpha value is -1.01. The molecule has 0 bridgehead atoms. The molecule has 2 aliphatic carbocycles. The number of aliphatic hydroxyl groups is 3. The summed E-state index contributed by atoms with van der Waals surface area (Å²) in [7, 11) is 1.65. The van der Waals surface area contributed by atoms with Gasteiger partial charge < -0.3 is 20.1 Å². The van der Waals surface area contributed by atoms with E-state index in [9.17, 15) is 20.1 Å². The van der Waals surface area contributed by atoms with Crippen molar-refractivity contribution in [2.75, 3.05) is 7.11 Å². The molecular weight excluding hydrogens is 332 g/mol. The van der Waals surface area contributed by atoms with Crippen molar-refractivity contribution in [2.45, 2.75) is 70.4 Å². The Morgan fingerprint density at radius 3 is 2.46 bits per heavy atom. The van der Waals surface area contributed by atoms with Crippen LogP contribution in [0, 0.1) is 23.7 Å².